The Kier molecular flexibility index (Phi) is 6.37. The number of aromatic nitrogens is 1. The number of para-hydroxylation sites is 2. The quantitative estimate of drug-likeness (QED) is 0.253. The average Bonchev–Trinajstić information content (AvgIpc) is 3.45. The Morgan fingerprint density at radius 2 is 1.52 bits per heavy atom. The second kappa shape index (κ2) is 10.2. The van der Waals surface area contributed by atoms with Gasteiger partial charge >= 0.3 is 0 Å². The van der Waals surface area contributed by atoms with E-state index in [4.69, 9.17) is 0 Å². The van der Waals surface area contributed by atoms with Crippen LogP contribution in [0.15, 0.2) is 120 Å². The molecule has 6 heteroatoms. The van der Waals surface area contributed by atoms with E-state index in [1.54, 1.807) is 16.6 Å². The summed E-state index contributed by atoms with van der Waals surface area (Å²) in [6, 6.07) is 36.5. The van der Waals surface area contributed by atoms with Gasteiger partial charge in [0.1, 0.15) is 4.90 Å². The van der Waals surface area contributed by atoms with Crippen molar-refractivity contribution in [1.29, 1.82) is 0 Å². The first-order chi connectivity index (χ1) is 19.6. The first kappa shape index (κ1) is 25.0. The number of sulfonamides is 1. The fourth-order valence-electron chi connectivity index (χ4n) is 6.65. The molecule has 0 amide bonds. The van der Waals surface area contributed by atoms with E-state index in [-0.39, 0.29) is 12.0 Å². The van der Waals surface area contributed by atoms with Gasteiger partial charge in [-0.15, -0.1) is 0 Å². The highest BCUT2D eigenvalue weighted by Crippen LogP contribution is 2.42. The molecule has 40 heavy (non-hydrogen) atoms. The third-order valence-corrected chi connectivity index (χ3v) is 10.5. The zero-order valence-electron chi connectivity index (χ0n) is 22.2. The minimum absolute atomic E-state index is 0.126. The number of piperazine rings is 1. The van der Waals surface area contributed by atoms with Crippen molar-refractivity contribution >= 4 is 26.6 Å². The zero-order valence-corrected chi connectivity index (χ0v) is 23.0. The van der Waals surface area contributed by atoms with Crippen LogP contribution in [0.4, 0.5) is 5.69 Å². The minimum Gasteiger partial charge on any atom is -0.368 e. The van der Waals surface area contributed by atoms with Gasteiger partial charge in [0.15, 0.2) is 0 Å². The molecule has 5 aromatic rings. The summed E-state index contributed by atoms with van der Waals surface area (Å²) in [6.45, 7) is 1.66. The number of aryl methyl sites for hydroxylation is 1. The van der Waals surface area contributed by atoms with E-state index in [1.807, 2.05) is 30.3 Å². The van der Waals surface area contributed by atoms with Crippen LogP contribution in [0.25, 0.3) is 22.0 Å². The molecule has 1 fully saturated rings. The normalized spacial score (nSPS) is 19.6. The number of nitrogens with zero attached hydrogens (tertiary/aromatic N) is 3. The van der Waals surface area contributed by atoms with Gasteiger partial charge in [-0.3, -0.25) is 4.98 Å². The van der Waals surface area contributed by atoms with E-state index >= 15 is 0 Å². The van der Waals surface area contributed by atoms with Gasteiger partial charge in [-0.1, -0.05) is 91.0 Å². The van der Waals surface area contributed by atoms with Crippen LogP contribution in [-0.2, 0) is 16.4 Å². The van der Waals surface area contributed by atoms with Gasteiger partial charge in [-0.25, -0.2) is 8.42 Å². The van der Waals surface area contributed by atoms with Gasteiger partial charge in [0.2, 0.25) is 10.0 Å². The zero-order chi connectivity index (χ0) is 27.1. The Bertz CT molecular complexity index is 1780. The van der Waals surface area contributed by atoms with Crippen molar-refractivity contribution in [2.24, 2.45) is 0 Å². The molecule has 7 rings (SSSR count). The van der Waals surface area contributed by atoms with Crippen LogP contribution in [0.2, 0.25) is 0 Å². The highest BCUT2D eigenvalue weighted by atomic mass is 32.2. The van der Waals surface area contributed by atoms with Crippen molar-refractivity contribution in [3.63, 3.8) is 0 Å². The molecular formula is C34H31N3O2S. The summed E-state index contributed by atoms with van der Waals surface area (Å²) in [6.07, 6.45) is 3.59. The summed E-state index contributed by atoms with van der Waals surface area (Å²) in [7, 11) is -3.80. The van der Waals surface area contributed by atoms with Crippen LogP contribution in [0.3, 0.4) is 0 Å². The molecule has 200 valence electrons. The highest BCUT2D eigenvalue weighted by molar-refractivity contribution is 7.89. The second-order valence-electron chi connectivity index (χ2n) is 10.7. The molecule has 1 aliphatic heterocycles. The fourth-order valence-corrected chi connectivity index (χ4v) is 8.46. The van der Waals surface area contributed by atoms with Crippen molar-refractivity contribution < 1.29 is 8.42 Å². The largest absolute Gasteiger partial charge is 0.368 e. The van der Waals surface area contributed by atoms with Crippen molar-refractivity contribution in [3.8, 4) is 11.1 Å². The molecule has 2 aliphatic rings. The molecule has 1 aromatic heterocycles. The molecule has 0 bridgehead atoms. The van der Waals surface area contributed by atoms with Gasteiger partial charge in [0.05, 0.1) is 5.52 Å². The third-order valence-electron chi connectivity index (χ3n) is 8.52. The van der Waals surface area contributed by atoms with Crippen molar-refractivity contribution in [1.82, 2.24) is 9.29 Å². The topological polar surface area (TPSA) is 53.5 Å². The number of pyridine rings is 1. The fraction of sp³-hybridized carbons (Fsp3) is 0.206. The molecule has 1 saturated heterocycles. The number of hydrogen-bond acceptors (Lipinski definition) is 4. The molecule has 2 atom stereocenters. The summed E-state index contributed by atoms with van der Waals surface area (Å²) in [5.41, 5.74) is 6.63. The Hall–Kier alpha value is -4.00. The van der Waals surface area contributed by atoms with Crippen molar-refractivity contribution in [2.45, 2.75) is 29.7 Å². The van der Waals surface area contributed by atoms with E-state index in [9.17, 15) is 8.42 Å². The van der Waals surface area contributed by atoms with Crippen LogP contribution in [0.1, 0.15) is 23.5 Å². The SMILES string of the molecule is O=S(=O)(c1cccc2cccnc12)N1CCN(c2ccccc2-c2ccccc2)CC1C1CCc2ccccc21. The van der Waals surface area contributed by atoms with Crippen LogP contribution in [0, 0.1) is 0 Å². The van der Waals surface area contributed by atoms with Gasteiger partial charge < -0.3 is 4.90 Å². The average molecular weight is 546 g/mol. The van der Waals surface area contributed by atoms with Crippen LogP contribution < -0.4 is 4.90 Å². The number of rotatable bonds is 5. The number of hydrogen-bond donors (Lipinski definition) is 0. The molecular weight excluding hydrogens is 514 g/mol. The third kappa shape index (κ3) is 4.28. The van der Waals surface area contributed by atoms with Crippen molar-refractivity contribution in [2.75, 3.05) is 24.5 Å². The Morgan fingerprint density at radius 3 is 2.42 bits per heavy atom. The predicted molar refractivity (Wildman–Crippen MR) is 161 cm³/mol. The van der Waals surface area contributed by atoms with Crippen LogP contribution in [-0.4, -0.2) is 43.4 Å². The molecule has 2 heterocycles. The minimum atomic E-state index is -3.80. The maximum atomic E-state index is 14.5. The monoisotopic (exact) mass is 545 g/mol. The second-order valence-corrected chi connectivity index (χ2v) is 12.5. The molecule has 0 radical (unpaired) electrons. The predicted octanol–water partition coefficient (Wildman–Crippen LogP) is 6.51. The molecule has 2 unspecified atom stereocenters. The molecule has 0 spiro atoms. The summed E-state index contributed by atoms with van der Waals surface area (Å²) in [5, 5.41) is 0.835. The van der Waals surface area contributed by atoms with E-state index in [2.05, 4.69) is 82.7 Å². The summed E-state index contributed by atoms with van der Waals surface area (Å²) >= 11 is 0. The van der Waals surface area contributed by atoms with Crippen molar-refractivity contribution in [3.05, 3.63) is 127 Å². The van der Waals surface area contributed by atoms with E-state index in [0.29, 0.717) is 30.0 Å². The lowest BCUT2D eigenvalue weighted by atomic mass is 9.91. The number of benzene rings is 4. The van der Waals surface area contributed by atoms with Gasteiger partial charge in [-0.05, 0) is 47.7 Å². The molecule has 5 nitrogen and oxygen atoms in total. The Morgan fingerprint density at radius 1 is 0.750 bits per heavy atom. The standard InChI is InChI=1S/C34H31N3O2S/c38-40(39,33-18-8-13-27-14-9-21-35-34(27)33)37-23-22-36(24-32(37)30-20-19-26-12-4-5-15-28(26)30)31-17-7-6-16-29(31)25-10-2-1-3-11-25/h1-18,21,30,32H,19-20,22-24H2. The lowest BCUT2D eigenvalue weighted by Gasteiger charge is -2.44. The van der Waals surface area contributed by atoms with Gasteiger partial charge in [-0.2, -0.15) is 4.31 Å². The maximum absolute atomic E-state index is 14.5. The van der Waals surface area contributed by atoms with Crippen LogP contribution in [0.5, 0.6) is 0 Å². The van der Waals surface area contributed by atoms with Gasteiger partial charge in [0, 0.05) is 54.4 Å². The summed E-state index contributed by atoms with van der Waals surface area (Å²) in [4.78, 5) is 7.17. The smallest absolute Gasteiger partial charge is 0.245 e. The number of anilines is 1. The Balaban J connectivity index is 1.32. The number of fused-ring (bicyclic) bond motifs is 2. The summed E-state index contributed by atoms with van der Waals surface area (Å²) < 4.78 is 30.7. The van der Waals surface area contributed by atoms with E-state index in [1.165, 1.54) is 16.7 Å². The lowest BCUT2D eigenvalue weighted by molar-refractivity contribution is 0.253. The summed E-state index contributed by atoms with van der Waals surface area (Å²) in [5.74, 6) is 0.126. The Labute approximate surface area is 235 Å². The highest BCUT2D eigenvalue weighted by Gasteiger charge is 2.43. The molecule has 4 aromatic carbocycles. The molecule has 1 aliphatic carbocycles. The van der Waals surface area contributed by atoms with Gasteiger partial charge in [0.25, 0.3) is 0 Å². The van der Waals surface area contributed by atoms with Crippen LogP contribution >= 0.6 is 0 Å². The lowest BCUT2D eigenvalue weighted by Crippen LogP contribution is -2.57. The first-order valence-corrected chi connectivity index (χ1v) is 15.4. The van der Waals surface area contributed by atoms with E-state index in [0.717, 1.165) is 29.5 Å². The maximum Gasteiger partial charge on any atom is 0.245 e. The first-order valence-electron chi connectivity index (χ1n) is 13.9. The molecule has 0 N–H and O–H groups in total. The molecule has 0 saturated carbocycles. The van der Waals surface area contributed by atoms with E-state index < -0.39 is 10.0 Å².